The second kappa shape index (κ2) is 7.85. The minimum absolute atomic E-state index is 0.196. The highest BCUT2D eigenvalue weighted by Gasteiger charge is 2.19. The molecule has 0 unspecified atom stereocenters. The number of nitrogens with one attached hydrogen (secondary N) is 1. The lowest BCUT2D eigenvalue weighted by Gasteiger charge is -2.26. The Morgan fingerprint density at radius 2 is 1.83 bits per heavy atom. The molecule has 0 aliphatic heterocycles. The van der Waals surface area contributed by atoms with Gasteiger partial charge in [-0.1, -0.05) is 51.5 Å². The minimum atomic E-state index is 0.196. The van der Waals surface area contributed by atoms with Crippen LogP contribution in [0.5, 0.6) is 0 Å². The molecule has 0 fully saturated rings. The van der Waals surface area contributed by atoms with Crippen molar-refractivity contribution in [3.8, 4) is 0 Å². The zero-order valence-corrected chi connectivity index (χ0v) is 12.9. The Labute approximate surface area is 118 Å². The Morgan fingerprint density at radius 1 is 1.17 bits per heavy atom. The van der Waals surface area contributed by atoms with Crippen LogP contribution in [0.25, 0.3) is 0 Å². The van der Waals surface area contributed by atoms with Crippen molar-refractivity contribution in [1.29, 1.82) is 0 Å². The van der Waals surface area contributed by atoms with Crippen LogP contribution in [-0.2, 0) is 11.8 Å². The quantitative estimate of drug-likeness (QED) is 0.538. The summed E-state index contributed by atoms with van der Waals surface area (Å²) in [5, 5.41) is 3.52. The highest BCUT2D eigenvalue weighted by atomic mass is 32.1. The first-order valence-corrected chi connectivity index (χ1v) is 7.64. The molecule has 102 valence electrons. The molecule has 0 saturated heterocycles. The van der Waals surface area contributed by atoms with Gasteiger partial charge < -0.3 is 5.32 Å². The van der Waals surface area contributed by atoms with Crippen LogP contribution < -0.4 is 5.32 Å². The Hall–Kier alpha value is -0.470. The predicted octanol–water partition coefficient (Wildman–Crippen LogP) is 3.83. The van der Waals surface area contributed by atoms with Crippen LogP contribution in [-0.4, -0.2) is 18.8 Å². The largest absolute Gasteiger partial charge is 0.316 e. The Balaban J connectivity index is 2.54. The van der Waals surface area contributed by atoms with Crippen LogP contribution >= 0.6 is 12.6 Å². The molecule has 1 nitrogen and oxygen atoms in total. The molecular formula is C16H27NS. The van der Waals surface area contributed by atoms with Crippen molar-refractivity contribution < 1.29 is 0 Å². The van der Waals surface area contributed by atoms with E-state index in [1.54, 1.807) is 0 Å². The van der Waals surface area contributed by atoms with E-state index < -0.39 is 0 Å². The van der Waals surface area contributed by atoms with Gasteiger partial charge in [0.15, 0.2) is 0 Å². The number of hydrogen-bond acceptors (Lipinski definition) is 2. The van der Waals surface area contributed by atoms with Gasteiger partial charge in [0, 0.05) is 12.0 Å². The molecule has 0 aliphatic carbocycles. The summed E-state index contributed by atoms with van der Waals surface area (Å²) in [6.07, 6.45) is 3.53. The van der Waals surface area contributed by atoms with E-state index >= 15 is 0 Å². The molecule has 18 heavy (non-hydrogen) atoms. The number of benzene rings is 1. The van der Waals surface area contributed by atoms with Gasteiger partial charge in [0.2, 0.25) is 0 Å². The zero-order valence-electron chi connectivity index (χ0n) is 12.0. The molecule has 1 aromatic rings. The van der Waals surface area contributed by atoms with E-state index in [9.17, 15) is 0 Å². The lowest BCUT2D eigenvalue weighted by molar-refractivity contribution is 0.470. The fourth-order valence-corrected chi connectivity index (χ4v) is 2.28. The smallest absolute Gasteiger partial charge is 0.00431 e. The van der Waals surface area contributed by atoms with Crippen molar-refractivity contribution in [2.45, 2.75) is 45.4 Å². The molecule has 0 aromatic heterocycles. The standard InChI is InChI=1S/C16H27NS/c1-4-6-14-7-9-15(10-8-14)16(2,3)13-17-11-5-12-18/h7-10,17-18H,4-6,11-13H2,1-3H3. The Morgan fingerprint density at radius 3 is 2.39 bits per heavy atom. The van der Waals surface area contributed by atoms with E-state index in [-0.39, 0.29) is 5.41 Å². The monoisotopic (exact) mass is 265 g/mol. The van der Waals surface area contributed by atoms with Crippen molar-refractivity contribution in [1.82, 2.24) is 5.32 Å². The summed E-state index contributed by atoms with van der Waals surface area (Å²) in [6, 6.07) is 9.11. The molecular weight excluding hydrogens is 238 g/mol. The van der Waals surface area contributed by atoms with Gasteiger partial charge in [-0.05, 0) is 36.3 Å². The molecule has 0 radical (unpaired) electrons. The molecule has 0 saturated carbocycles. The molecule has 0 amide bonds. The first-order chi connectivity index (χ1) is 8.60. The summed E-state index contributed by atoms with van der Waals surface area (Å²) in [7, 11) is 0. The Bertz CT molecular complexity index is 329. The van der Waals surface area contributed by atoms with Gasteiger partial charge in [0.1, 0.15) is 0 Å². The maximum atomic E-state index is 4.23. The fraction of sp³-hybridized carbons (Fsp3) is 0.625. The average Bonchev–Trinajstić information content (AvgIpc) is 2.36. The van der Waals surface area contributed by atoms with Crippen LogP contribution in [0.15, 0.2) is 24.3 Å². The highest BCUT2D eigenvalue weighted by molar-refractivity contribution is 7.80. The van der Waals surface area contributed by atoms with Gasteiger partial charge in [0.25, 0.3) is 0 Å². The number of hydrogen-bond donors (Lipinski definition) is 2. The third kappa shape index (κ3) is 5.03. The molecule has 1 N–H and O–H groups in total. The summed E-state index contributed by atoms with van der Waals surface area (Å²) in [5.74, 6) is 0.957. The first kappa shape index (κ1) is 15.6. The van der Waals surface area contributed by atoms with Gasteiger partial charge in [-0.3, -0.25) is 0 Å². The SMILES string of the molecule is CCCc1ccc(C(C)(C)CNCCCS)cc1. The van der Waals surface area contributed by atoms with E-state index in [1.165, 1.54) is 24.0 Å². The lowest BCUT2D eigenvalue weighted by atomic mass is 9.84. The number of rotatable bonds is 8. The van der Waals surface area contributed by atoms with Gasteiger partial charge in [0.05, 0.1) is 0 Å². The van der Waals surface area contributed by atoms with Crippen LogP contribution in [0, 0.1) is 0 Å². The number of thiol groups is 1. The van der Waals surface area contributed by atoms with Crippen molar-refractivity contribution in [2.75, 3.05) is 18.8 Å². The summed E-state index contributed by atoms with van der Waals surface area (Å²) in [6.45, 7) is 8.91. The third-order valence-corrected chi connectivity index (χ3v) is 3.67. The van der Waals surface area contributed by atoms with Crippen LogP contribution in [0.4, 0.5) is 0 Å². The van der Waals surface area contributed by atoms with E-state index in [0.29, 0.717) is 0 Å². The second-order valence-corrected chi connectivity index (χ2v) is 6.03. The normalized spacial score (nSPS) is 11.8. The fourth-order valence-electron chi connectivity index (χ4n) is 2.12. The molecule has 0 bridgehead atoms. The van der Waals surface area contributed by atoms with Gasteiger partial charge >= 0.3 is 0 Å². The topological polar surface area (TPSA) is 12.0 Å². The van der Waals surface area contributed by atoms with Crippen molar-refractivity contribution >= 4 is 12.6 Å². The van der Waals surface area contributed by atoms with Crippen molar-refractivity contribution in [2.24, 2.45) is 0 Å². The molecule has 1 rings (SSSR count). The van der Waals surface area contributed by atoms with E-state index in [4.69, 9.17) is 0 Å². The zero-order chi connectivity index (χ0) is 13.4. The summed E-state index contributed by atoms with van der Waals surface area (Å²) in [4.78, 5) is 0. The van der Waals surface area contributed by atoms with Gasteiger partial charge in [-0.2, -0.15) is 12.6 Å². The summed E-state index contributed by atoms with van der Waals surface area (Å²) >= 11 is 4.23. The first-order valence-electron chi connectivity index (χ1n) is 7.01. The van der Waals surface area contributed by atoms with Crippen LogP contribution in [0.2, 0.25) is 0 Å². The van der Waals surface area contributed by atoms with Gasteiger partial charge in [-0.15, -0.1) is 0 Å². The number of aryl methyl sites for hydroxylation is 1. The Kier molecular flexibility index (Phi) is 6.80. The summed E-state index contributed by atoms with van der Waals surface area (Å²) in [5.41, 5.74) is 3.06. The molecule has 0 heterocycles. The van der Waals surface area contributed by atoms with E-state index in [1.807, 2.05) is 0 Å². The molecule has 0 spiro atoms. The molecule has 0 atom stereocenters. The maximum Gasteiger partial charge on any atom is 0.00431 e. The predicted molar refractivity (Wildman–Crippen MR) is 84.8 cm³/mol. The van der Waals surface area contributed by atoms with Crippen LogP contribution in [0.1, 0.15) is 44.7 Å². The third-order valence-electron chi connectivity index (χ3n) is 3.35. The summed E-state index contributed by atoms with van der Waals surface area (Å²) < 4.78 is 0. The average molecular weight is 265 g/mol. The second-order valence-electron chi connectivity index (χ2n) is 5.58. The van der Waals surface area contributed by atoms with E-state index in [2.05, 4.69) is 63.0 Å². The van der Waals surface area contributed by atoms with E-state index in [0.717, 1.165) is 25.3 Å². The molecule has 1 aromatic carbocycles. The molecule has 2 heteroatoms. The van der Waals surface area contributed by atoms with Crippen LogP contribution in [0.3, 0.4) is 0 Å². The minimum Gasteiger partial charge on any atom is -0.316 e. The van der Waals surface area contributed by atoms with Gasteiger partial charge in [-0.25, -0.2) is 0 Å². The van der Waals surface area contributed by atoms with Crippen molar-refractivity contribution in [3.05, 3.63) is 35.4 Å². The lowest BCUT2D eigenvalue weighted by Crippen LogP contribution is -2.33. The highest BCUT2D eigenvalue weighted by Crippen LogP contribution is 2.22. The molecule has 0 aliphatic rings. The van der Waals surface area contributed by atoms with Crippen molar-refractivity contribution in [3.63, 3.8) is 0 Å². The maximum absolute atomic E-state index is 4.23.